The van der Waals surface area contributed by atoms with E-state index < -0.39 is 16.6 Å². The third-order valence-corrected chi connectivity index (χ3v) is 2.64. The zero-order chi connectivity index (χ0) is 12.9. The third kappa shape index (κ3) is 5.20. The largest absolute Gasteiger partial charge is 0.319 e. The minimum atomic E-state index is -3.21. The lowest BCUT2D eigenvalue weighted by Gasteiger charge is -2.07. The molecule has 0 amide bonds. The summed E-state index contributed by atoms with van der Waals surface area (Å²) in [5.74, 6) is 0.208. The van der Waals surface area contributed by atoms with E-state index in [1.54, 1.807) is 0 Å². The summed E-state index contributed by atoms with van der Waals surface area (Å²) in [6.07, 6.45) is 3.53. The van der Waals surface area contributed by atoms with E-state index in [1.165, 1.54) is 12.4 Å². The smallest absolute Gasteiger partial charge is 0.309 e. The second-order valence-electron chi connectivity index (χ2n) is 3.37. The first kappa shape index (κ1) is 14.0. The topological polar surface area (TPSA) is 76.0 Å². The lowest BCUT2D eigenvalue weighted by molar-refractivity contribution is 0.0666. The Morgan fingerprint density at radius 3 is 2.76 bits per heavy atom. The minimum absolute atomic E-state index is 0.156. The van der Waals surface area contributed by atoms with E-state index in [1.807, 2.05) is 0 Å². The molecule has 1 rings (SSSR count). The Balaban J connectivity index is 2.29. The van der Waals surface area contributed by atoms with Crippen LogP contribution in [-0.4, -0.2) is 37.3 Å². The van der Waals surface area contributed by atoms with Gasteiger partial charge in [0.05, 0.1) is 12.8 Å². The van der Waals surface area contributed by atoms with Gasteiger partial charge >= 0.3 is 6.55 Å². The van der Waals surface area contributed by atoms with E-state index >= 15 is 0 Å². The predicted molar refractivity (Wildman–Crippen MR) is 58.0 cm³/mol. The van der Waals surface area contributed by atoms with Crippen LogP contribution in [0.25, 0.3) is 0 Å². The maximum Gasteiger partial charge on any atom is 0.319 e. The normalized spacial score (nSPS) is 12.2. The molecule has 0 radical (unpaired) electrons. The predicted octanol–water partition coefficient (Wildman–Crippen LogP) is -0.0830. The summed E-state index contributed by atoms with van der Waals surface area (Å²) in [7, 11) is -3.21. The molecule has 1 aromatic heterocycles. The van der Waals surface area contributed by atoms with Crippen molar-refractivity contribution in [1.82, 2.24) is 19.6 Å². The van der Waals surface area contributed by atoms with Crippen molar-refractivity contribution >= 4 is 10.0 Å². The molecule has 1 aromatic rings. The van der Waals surface area contributed by atoms with Crippen molar-refractivity contribution in [1.29, 1.82) is 0 Å². The summed E-state index contributed by atoms with van der Waals surface area (Å²) < 4.78 is 49.2. The maximum absolute atomic E-state index is 12.4. The highest BCUT2D eigenvalue weighted by Gasteiger charge is 2.10. The second kappa shape index (κ2) is 6.03. The van der Waals surface area contributed by atoms with Crippen LogP contribution < -0.4 is 10.0 Å². The molecule has 6 nitrogen and oxygen atoms in total. The van der Waals surface area contributed by atoms with Crippen LogP contribution >= 0.6 is 0 Å². The molecule has 0 saturated carbocycles. The Morgan fingerprint density at radius 1 is 1.47 bits per heavy atom. The first-order valence-electron chi connectivity index (χ1n) is 4.85. The first-order valence-corrected chi connectivity index (χ1v) is 6.74. The van der Waals surface area contributed by atoms with Crippen LogP contribution in [0.4, 0.5) is 8.78 Å². The van der Waals surface area contributed by atoms with Gasteiger partial charge in [-0.15, -0.1) is 0 Å². The number of imidazole rings is 1. The van der Waals surface area contributed by atoms with Crippen LogP contribution in [0.5, 0.6) is 0 Å². The number of sulfonamides is 1. The lowest BCUT2D eigenvalue weighted by atomic mass is 10.5. The summed E-state index contributed by atoms with van der Waals surface area (Å²) in [5.41, 5.74) is 0. The fourth-order valence-corrected chi connectivity index (χ4v) is 1.66. The van der Waals surface area contributed by atoms with Gasteiger partial charge in [-0.05, 0) is 0 Å². The van der Waals surface area contributed by atoms with Gasteiger partial charge in [-0.3, -0.25) is 4.57 Å². The molecular weight excluding hydrogens is 254 g/mol. The average Bonchev–Trinajstić information content (AvgIpc) is 2.63. The fourth-order valence-electron chi connectivity index (χ4n) is 1.18. The molecule has 0 unspecified atom stereocenters. The quantitative estimate of drug-likeness (QED) is 0.678. The number of halogens is 2. The molecule has 98 valence electrons. The van der Waals surface area contributed by atoms with Gasteiger partial charge in [0.2, 0.25) is 10.0 Å². The molecule has 0 aliphatic carbocycles. The van der Waals surface area contributed by atoms with E-state index in [0.29, 0.717) is 6.54 Å². The van der Waals surface area contributed by atoms with Gasteiger partial charge in [0.15, 0.2) is 0 Å². The van der Waals surface area contributed by atoms with Crippen LogP contribution in [0, 0.1) is 0 Å². The van der Waals surface area contributed by atoms with Crippen LogP contribution in [0.15, 0.2) is 12.4 Å². The van der Waals surface area contributed by atoms with E-state index in [0.717, 1.165) is 10.8 Å². The number of aromatic nitrogens is 2. The zero-order valence-corrected chi connectivity index (χ0v) is 10.0. The molecule has 0 bridgehead atoms. The molecule has 2 N–H and O–H groups in total. The standard InChI is InChI=1S/C8H14F2N4O2S/c1-17(15,16)13-3-2-11-6-7-12-4-5-14(7)8(9)10/h4-5,8,11,13H,2-3,6H2,1H3. The molecule has 0 saturated heterocycles. The highest BCUT2D eigenvalue weighted by Crippen LogP contribution is 2.11. The Hall–Kier alpha value is -1.06. The SMILES string of the molecule is CS(=O)(=O)NCCNCc1nccn1C(F)F. The van der Waals surface area contributed by atoms with E-state index in [9.17, 15) is 17.2 Å². The number of nitrogens with one attached hydrogen (secondary N) is 2. The van der Waals surface area contributed by atoms with Crippen molar-refractivity contribution in [3.05, 3.63) is 18.2 Å². The molecule has 0 aliphatic heterocycles. The average molecular weight is 268 g/mol. The summed E-state index contributed by atoms with van der Waals surface area (Å²) in [6.45, 7) is -1.93. The van der Waals surface area contributed by atoms with Gasteiger partial charge in [0.25, 0.3) is 0 Å². The van der Waals surface area contributed by atoms with Crippen molar-refractivity contribution in [2.75, 3.05) is 19.3 Å². The number of rotatable bonds is 7. The van der Waals surface area contributed by atoms with Crippen LogP contribution in [0.3, 0.4) is 0 Å². The monoisotopic (exact) mass is 268 g/mol. The van der Waals surface area contributed by atoms with Crippen molar-refractivity contribution in [2.24, 2.45) is 0 Å². The summed E-state index contributed by atoms with van der Waals surface area (Å²) in [5, 5.41) is 2.81. The zero-order valence-electron chi connectivity index (χ0n) is 9.23. The van der Waals surface area contributed by atoms with Gasteiger partial charge in [-0.25, -0.2) is 18.1 Å². The number of hydrogen-bond acceptors (Lipinski definition) is 4. The third-order valence-electron chi connectivity index (χ3n) is 1.91. The van der Waals surface area contributed by atoms with Crippen molar-refractivity contribution in [2.45, 2.75) is 13.1 Å². The van der Waals surface area contributed by atoms with Gasteiger partial charge < -0.3 is 5.32 Å². The van der Waals surface area contributed by atoms with Gasteiger partial charge in [-0.1, -0.05) is 0 Å². The fraction of sp³-hybridized carbons (Fsp3) is 0.625. The summed E-state index contributed by atoms with van der Waals surface area (Å²) in [4.78, 5) is 3.77. The molecule has 0 aromatic carbocycles. The molecule has 0 spiro atoms. The van der Waals surface area contributed by atoms with Crippen molar-refractivity contribution in [3.8, 4) is 0 Å². The number of hydrogen-bond donors (Lipinski definition) is 2. The first-order chi connectivity index (χ1) is 7.90. The maximum atomic E-state index is 12.4. The molecule has 1 heterocycles. The van der Waals surface area contributed by atoms with Crippen molar-refractivity contribution < 1.29 is 17.2 Å². The van der Waals surface area contributed by atoms with E-state index in [-0.39, 0.29) is 18.9 Å². The molecule has 9 heteroatoms. The second-order valence-corrected chi connectivity index (χ2v) is 5.20. The number of alkyl halides is 2. The summed E-state index contributed by atoms with van der Waals surface area (Å²) >= 11 is 0. The molecule has 0 atom stereocenters. The van der Waals surface area contributed by atoms with E-state index in [2.05, 4.69) is 15.0 Å². The minimum Gasteiger partial charge on any atom is -0.309 e. The molecule has 0 fully saturated rings. The van der Waals surface area contributed by atoms with Crippen molar-refractivity contribution in [3.63, 3.8) is 0 Å². The highest BCUT2D eigenvalue weighted by molar-refractivity contribution is 7.88. The Bertz CT molecular complexity index is 446. The lowest BCUT2D eigenvalue weighted by Crippen LogP contribution is -2.31. The molecule has 0 aliphatic rings. The van der Waals surface area contributed by atoms with Crippen LogP contribution in [-0.2, 0) is 16.6 Å². The summed E-state index contributed by atoms with van der Waals surface area (Å²) in [6, 6.07) is 0. The van der Waals surface area contributed by atoms with Crippen LogP contribution in [0.2, 0.25) is 0 Å². The Labute approximate surface area is 98.1 Å². The number of nitrogens with zero attached hydrogens (tertiary/aromatic N) is 2. The highest BCUT2D eigenvalue weighted by atomic mass is 32.2. The molecule has 17 heavy (non-hydrogen) atoms. The van der Waals surface area contributed by atoms with Gasteiger partial charge in [0.1, 0.15) is 5.82 Å². The Morgan fingerprint density at radius 2 is 2.18 bits per heavy atom. The Kier molecular flexibility index (Phi) is 4.97. The van der Waals surface area contributed by atoms with Gasteiger partial charge in [-0.2, -0.15) is 8.78 Å². The molecular formula is C8H14F2N4O2S. The van der Waals surface area contributed by atoms with E-state index in [4.69, 9.17) is 0 Å². The van der Waals surface area contributed by atoms with Gasteiger partial charge in [0, 0.05) is 25.5 Å². The van der Waals surface area contributed by atoms with Crippen LogP contribution in [0.1, 0.15) is 12.4 Å².